The maximum absolute atomic E-state index is 12.5. The van der Waals surface area contributed by atoms with Crippen LogP contribution < -0.4 is 5.32 Å². The summed E-state index contributed by atoms with van der Waals surface area (Å²) in [5.74, 6) is -0.0221. The first-order chi connectivity index (χ1) is 14.1. The summed E-state index contributed by atoms with van der Waals surface area (Å²) in [6.07, 6.45) is 3.98. The van der Waals surface area contributed by atoms with E-state index in [0.29, 0.717) is 30.1 Å². The Balaban J connectivity index is 1.75. The molecule has 0 saturated heterocycles. The number of benzene rings is 2. The lowest BCUT2D eigenvalue weighted by Crippen LogP contribution is -2.38. The molecule has 2 aromatic carbocycles. The third kappa shape index (κ3) is 5.59. The Kier molecular flexibility index (Phi) is 6.88. The molecule has 1 heterocycles. The van der Waals surface area contributed by atoms with Crippen molar-refractivity contribution in [3.63, 3.8) is 0 Å². The predicted octanol–water partition coefficient (Wildman–Crippen LogP) is 4.18. The molecule has 3 aromatic rings. The van der Waals surface area contributed by atoms with Crippen molar-refractivity contribution in [2.75, 3.05) is 18.4 Å². The van der Waals surface area contributed by atoms with Gasteiger partial charge in [0.15, 0.2) is 0 Å². The van der Waals surface area contributed by atoms with Crippen molar-refractivity contribution in [1.29, 1.82) is 5.26 Å². The van der Waals surface area contributed by atoms with E-state index >= 15 is 0 Å². The van der Waals surface area contributed by atoms with Crippen LogP contribution in [0.25, 0.3) is 0 Å². The van der Waals surface area contributed by atoms with Crippen LogP contribution in [0.3, 0.4) is 0 Å². The number of aromatic nitrogens is 2. The molecule has 29 heavy (non-hydrogen) atoms. The fraction of sp³-hybridized carbons (Fsp3) is 0.227. The Morgan fingerprint density at radius 2 is 2.10 bits per heavy atom. The zero-order valence-electron chi connectivity index (χ0n) is 16.1. The van der Waals surface area contributed by atoms with Gasteiger partial charge in [-0.3, -0.25) is 4.79 Å². The number of H-pyrrole nitrogens is 1. The van der Waals surface area contributed by atoms with Gasteiger partial charge in [-0.2, -0.15) is 5.26 Å². The van der Waals surface area contributed by atoms with Crippen LogP contribution in [0.15, 0.2) is 61.1 Å². The SMILES string of the molecule is CC(=O)N(CCNc1cccc(Cl)c1)C(Cc1ccc(C#N)cc1)c1cnc[nH]1. The number of halogens is 1. The summed E-state index contributed by atoms with van der Waals surface area (Å²) in [5.41, 5.74) is 3.43. The number of nitrogens with one attached hydrogen (secondary N) is 2. The van der Waals surface area contributed by atoms with Gasteiger partial charge in [-0.15, -0.1) is 0 Å². The summed E-state index contributed by atoms with van der Waals surface area (Å²) < 4.78 is 0. The van der Waals surface area contributed by atoms with Gasteiger partial charge >= 0.3 is 0 Å². The molecule has 7 heteroatoms. The van der Waals surface area contributed by atoms with E-state index in [-0.39, 0.29) is 11.9 Å². The normalized spacial score (nSPS) is 11.5. The first-order valence-electron chi connectivity index (χ1n) is 9.31. The number of imidazole rings is 1. The van der Waals surface area contributed by atoms with Gasteiger partial charge < -0.3 is 15.2 Å². The number of rotatable bonds is 8. The molecular formula is C22H22ClN5O. The third-order valence-electron chi connectivity index (χ3n) is 4.68. The van der Waals surface area contributed by atoms with E-state index in [4.69, 9.17) is 16.9 Å². The second-order valence-electron chi connectivity index (χ2n) is 6.69. The van der Waals surface area contributed by atoms with Gasteiger partial charge in [0.05, 0.1) is 35.9 Å². The molecule has 1 unspecified atom stereocenters. The predicted molar refractivity (Wildman–Crippen MR) is 114 cm³/mol. The average Bonchev–Trinajstić information content (AvgIpc) is 3.25. The fourth-order valence-corrected chi connectivity index (χ4v) is 3.42. The van der Waals surface area contributed by atoms with Crippen LogP contribution in [0.2, 0.25) is 5.02 Å². The van der Waals surface area contributed by atoms with Crippen LogP contribution in [-0.2, 0) is 11.2 Å². The van der Waals surface area contributed by atoms with Crippen LogP contribution in [-0.4, -0.2) is 33.9 Å². The standard InChI is InChI=1S/C22H22ClN5O/c1-16(29)28(10-9-26-20-4-2-3-19(23)12-20)22(21-14-25-15-27-21)11-17-5-7-18(13-24)8-6-17/h2-8,12,14-15,22,26H,9-11H2,1H3,(H,25,27). The molecule has 1 atom stereocenters. The second-order valence-corrected chi connectivity index (χ2v) is 7.12. The molecule has 0 bridgehead atoms. The van der Waals surface area contributed by atoms with E-state index in [1.165, 1.54) is 0 Å². The molecule has 6 nitrogen and oxygen atoms in total. The molecule has 1 amide bonds. The summed E-state index contributed by atoms with van der Waals surface area (Å²) >= 11 is 6.03. The number of aromatic amines is 1. The lowest BCUT2D eigenvalue weighted by Gasteiger charge is -2.31. The molecular weight excluding hydrogens is 386 g/mol. The molecule has 0 spiro atoms. The number of hydrogen-bond donors (Lipinski definition) is 2. The molecule has 0 radical (unpaired) electrons. The van der Waals surface area contributed by atoms with Gasteiger partial charge in [-0.05, 0) is 42.3 Å². The number of nitrogens with zero attached hydrogens (tertiary/aromatic N) is 3. The Morgan fingerprint density at radius 1 is 1.31 bits per heavy atom. The van der Waals surface area contributed by atoms with Crippen LogP contribution >= 0.6 is 11.6 Å². The van der Waals surface area contributed by atoms with Crippen molar-refractivity contribution in [2.45, 2.75) is 19.4 Å². The number of hydrogen-bond acceptors (Lipinski definition) is 4. The van der Waals surface area contributed by atoms with Crippen LogP contribution in [0.5, 0.6) is 0 Å². The number of carbonyl (C=O) groups is 1. The Bertz CT molecular complexity index is 979. The molecule has 3 rings (SSSR count). The van der Waals surface area contributed by atoms with Gasteiger partial charge in [-0.1, -0.05) is 29.8 Å². The molecule has 0 fully saturated rings. The van der Waals surface area contributed by atoms with Crippen LogP contribution in [0.4, 0.5) is 5.69 Å². The van der Waals surface area contributed by atoms with E-state index in [1.54, 1.807) is 31.6 Å². The minimum Gasteiger partial charge on any atom is -0.383 e. The van der Waals surface area contributed by atoms with Gasteiger partial charge in [-0.25, -0.2) is 4.98 Å². The maximum Gasteiger partial charge on any atom is 0.220 e. The van der Waals surface area contributed by atoms with Crippen molar-refractivity contribution < 1.29 is 4.79 Å². The molecule has 0 saturated carbocycles. The van der Waals surface area contributed by atoms with Gasteiger partial charge in [0.1, 0.15) is 0 Å². The summed E-state index contributed by atoms with van der Waals surface area (Å²) in [4.78, 5) is 21.6. The Labute approximate surface area is 175 Å². The minimum absolute atomic E-state index is 0.0221. The molecule has 0 aliphatic heterocycles. The molecule has 2 N–H and O–H groups in total. The van der Waals surface area contributed by atoms with Crippen molar-refractivity contribution in [1.82, 2.24) is 14.9 Å². The first-order valence-corrected chi connectivity index (χ1v) is 9.68. The summed E-state index contributed by atoms with van der Waals surface area (Å²) in [5, 5.41) is 13.0. The van der Waals surface area contributed by atoms with Crippen molar-refractivity contribution >= 4 is 23.2 Å². The molecule has 1 aromatic heterocycles. The van der Waals surface area contributed by atoms with Crippen LogP contribution in [0, 0.1) is 11.3 Å². The Hall–Kier alpha value is -3.30. The highest BCUT2D eigenvalue weighted by Gasteiger charge is 2.24. The van der Waals surface area contributed by atoms with E-state index in [1.807, 2.05) is 41.3 Å². The number of anilines is 1. The van der Waals surface area contributed by atoms with Crippen molar-refractivity contribution in [3.05, 3.63) is 82.9 Å². The lowest BCUT2D eigenvalue weighted by atomic mass is 10.0. The van der Waals surface area contributed by atoms with E-state index in [2.05, 4.69) is 21.4 Å². The van der Waals surface area contributed by atoms with Crippen molar-refractivity contribution in [2.24, 2.45) is 0 Å². The maximum atomic E-state index is 12.5. The van der Waals surface area contributed by atoms with Gasteiger partial charge in [0, 0.05) is 30.7 Å². The third-order valence-corrected chi connectivity index (χ3v) is 4.91. The molecule has 0 aliphatic carbocycles. The van der Waals surface area contributed by atoms with E-state index in [9.17, 15) is 4.79 Å². The Morgan fingerprint density at radius 3 is 2.72 bits per heavy atom. The summed E-state index contributed by atoms with van der Waals surface area (Å²) in [7, 11) is 0. The highest BCUT2D eigenvalue weighted by Crippen LogP contribution is 2.24. The highest BCUT2D eigenvalue weighted by atomic mass is 35.5. The largest absolute Gasteiger partial charge is 0.383 e. The first kappa shape index (κ1) is 20.4. The fourth-order valence-electron chi connectivity index (χ4n) is 3.23. The van der Waals surface area contributed by atoms with Crippen molar-refractivity contribution in [3.8, 4) is 6.07 Å². The average molecular weight is 408 g/mol. The molecule has 0 aliphatic rings. The lowest BCUT2D eigenvalue weighted by molar-refractivity contribution is -0.131. The minimum atomic E-state index is -0.191. The number of amides is 1. The monoisotopic (exact) mass is 407 g/mol. The quantitative estimate of drug-likeness (QED) is 0.586. The molecule has 148 valence electrons. The smallest absolute Gasteiger partial charge is 0.220 e. The number of carbonyl (C=O) groups excluding carboxylic acids is 1. The highest BCUT2D eigenvalue weighted by molar-refractivity contribution is 6.30. The zero-order valence-corrected chi connectivity index (χ0v) is 16.9. The van der Waals surface area contributed by atoms with E-state index in [0.717, 1.165) is 16.9 Å². The summed E-state index contributed by atoms with van der Waals surface area (Å²) in [6.45, 7) is 2.67. The van der Waals surface area contributed by atoms with Crippen LogP contribution in [0.1, 0.15) is 29.8 Å². The van der Waals surface area contributed by atoms with E-state index < -0.39 is 0 Å². The number of nitriles is 1. The summed E-state index contributed by atoms with van der Waals surface area (Å²) in [6, 6.07) is 16.8. The van der Waals surface area contributed by atoms with Gasteiger partial charge in [0.25, 0.3) is 0 Å². The second kappa shape index (κ2) is 9.76. The zero-order chi connectivity index (χ0) is 20.6. The van der Waals surface area contributed by atoms with Gasteiger partial charge in [0.2, 0.25) is 5.91 Å². The topological polar surface area (TPSA) is 84.8 Å².